The van der Waals surface area contributed by atoms with Gasteiger partial charge in [-0.3, -0.25) is 4.79 Å². The Morgan fingerprint density at radius 2 is 2.46 bits per heavy atom. The van der Waals surface area contributed by atoms with Crippen LogP contribution in [0.4, 0.5) is 0 Å². The molecule has 0 aliphatic rings. The van der Waals surface area contributed by atoms with Crippen LogP contribution in [-0.4, -0.2) is 24.3 Å². The van der Waals surface area contributed by atoms with E-state index in [1.807, 2.05) is 0 Å². The molecule has 0 amide bonds. The van der Waals surface area contributed by atoms with Crippen molar-refractivity contribution >= 4 is 29.7 Å². The second kappa shape index (κ2) is 4.51. The summed E-state index contributed by atoms with van der Waals surface area (Å²) in [6.07, 6.45) is 3.42. The van der Waals surface area contributed by atoms with E-state index in [4.69, 9.17) is 0 Å². The zero-order valence-electron chi connectivity index (χ0n) is 6.89. The Kier molecular flexibility index (Phi) is 3.33. The van der Waals surface area contributed by atoms with Crippen molar-refractivity contribution in [3.05, 3.63) is 22.2 Å². The summed E-state index contributed by atoms with van der Waals surface area (Å²) in [5.74, 6) is -0.442. The largest absolute Gasteiger partial charge is 0.466 e. The maximum absolute atomic E-state index is 10.7. The van der Waals surface area contributed by atoms with Gasteiger partial charge in [0.2, 0.25) is 0 Å². The second-order valence-corrected chi connectivity index (χ2v) is 2.97. The third-order valence-electron chi connectivity index (χ3n) is 1.22. The third-order valence-corrected chi connectivity index (χ3v) is 2.05. The maximum Gasteiger partial charge on any atom is 0.330 e. The summed E-state index contributed by atoms with van der Waals surface area (Å²) < 4.78 is 4.39. The molecule has 0 fully saturated rings. The standard InChI is InChI=1S/C8H7NO3S/c1-12-8(11)3-2-7-9-6(4-10)5-13-7/h2-5H,1H3. The van der Waals surface area contributed by atoms with Gasteiger partial charge in [-0.15, -0.1) is 11.3 Å². The number of ether oxygens (including phenoxy) is 1. The van der Waals surface area contributed by atoms with Crippen LogP contribution < -0.4 is 0 Å². The summed E-state index contributed by atoms with van der Waals surface area (Å²) in [6.45, 7) is 0. The van der Waals surface area contributed by atoms with Crippen molar-refractivity contribution in [1.29, 1.82) is 0 Å². The average molecular weight is 197 g/mol. The van der Waals surface area contributed by atoms with Crippen LogP contribution in [0.25, 0.3) is 6.08 Å². The van der Waals surface area contributed by atoms with E-state index in [1.165, 1.54) is 30.6 Å². The summed E-state index contributed by atoms with van der Waals surface area (Å²) in [4.78, 5) is 24.8. The van der Waals surface area contributed by atoms with Crippen LogP contribution in [0.1, 0.15) is 15.5 Å². The highest BCUT2D eigenvalue weighted by molar-refractivity contribution is 7.10. The molecular formula is C8H7NO3S. The van der Waals surface area contributed by atoms with Crippen LogP contribution in [0.5, 0.6) is 0 Å². The van der Waals surface area contributed by atoms with E-state index in [0.717, 1.165) is 0 Å². The molecular weight excluding hydrogens is 190 g/mol. The molecule has 1 rings (SSSR count). The second-order valence-electron chi connectivity index (χ2n) is 2.08. The Morgan fingerprint density at radius 3 is 3.00 bits per heavy atom. The van der Waals surface area contributed by atoms with Crippen LogP contribution in [0.2, 0.25) is 0 Å². The highest BCUT2D eigenvalue weighted by atomic mass is 32.1. The molecule has 1 aromatic rings. The van der Waals surface area contributed by atoms with E-state index >= 15 is 0 Å². The Labute approximate surface area is 78.9 Å². The molecule has 4 nitrogen and oxygen atoms in total. The molecule has 0 radical (unpaired) electrons. The fourth-order valence-corrected chi connectivity index (χ4v) is 1.29. The summed E-state index contributed by atoms with van der Waals surface area (Å²) in [6, 6.07) is 0. The first-order valence-electron chi connectivity index (χ1n) is 3.43. The molecule has 1 heterocycles. The van der Waals surface area contributed by atoms with Crippen molar-refractivity contribution < 1.29 is 14.3 Å². The minimum absolute atomic E-state index is 0.370. The molecule has 68 valence electrons. The zero-order chi connectivity index (χ0) is 9.68. The van der Waals surface area contributed by atoms with Crippen LogP contribution in [0, 0.1) is 0 Å². The smallest absolute Gasteiger partial charge is 0.330 e. The van der Waals surface area contributed by atoms with E-state index in [1.54, 1.807) is 5.38 Å². The van der Waals surface area contributed by atoms with Gasteiger partial charge < -0.3 is 4.74 Å². The molecule has 5 heteroatoms. The fourth-order valence-electron chi connectivity index (χ4n) is 0.639. The Balaban J connectivity index is 2.68. The summed E-state index contributed by atoms with van der Waals surface area (Å²) in [7, 11) is 1.30. The van der Waals surface area contributed by atoms with E-state index in [2.05, 4.69) is 9.72 Å². The van der Waals surface area contributed by atoms with Crippen molar-refractivity contribution in [3.8, 4) is 0 Å². The van der Waals surface area contributed by atoms with Crippen LogP contribution in [0.3, 0.4) is 0 Å². The minimum Gasteiger partial charge on any atom is -0.466 e. The van der Waals surface area contributed by atoms with Crippen LogP contribution >= 0.6 is 11.3 Å². The van der Waals surface area contributed by atoms with Crippen molar-refractivity contribution in [2.24, 2.45) is 0 Å². The van der Waals surface area contributed by atoms with Gasteiger partial charge in [0, 0.05) is 11.5 Å². The molecule has 0 atom stereocenters. The summed E-state index contributed by atoms with van der Waals surface area (Å²) in [5, 5.41) is 2.22. The average Bonchev–Trinajstić information content (AvgIpc) is 2.61. The molecule has 0 unspecified atom stereocenters. The lowest BCUT2D eigenvalue weighted by molar-refractivity contribution is -0.134. The Bertz CT molecular complexity index is 343. The van der Waals surface area contributed by atoms with Crippen LogP contribution in [0.15, 0.2) is 11.5 Å². The van der Waals surface area contributed by atoms with E-state index in [0.29, 0.717) is 17.0 Å². The van der Waals surface area contributed by atoms with Gasteiger partial charge in [0.05, 0.1) is 7.11 Å². The van der Waals surface area contributed by atoms with Gasteiger partial charge >= 0.3 is 5.97 Å². The lowest BCUT2D eigenvalue weighted by Gasteiger charge is -1.87. The van der Waals surface area contributed by atoms with E-state index in [9.17, 15) is 9.59 Å². The van der Waals surface area contributed by atoms with Gasteiger partial charge in [-0.25, -0.2) is 9.78 Å². The molecule has 0 aromatic carbocycles. The fraction of sp³-hybridized carbons (Fsp3) is 0.125. The number of carbonyl (C=O) groups is 2. The molecule has 0 aliphatic carbocycles. The van der Waals surface area contributed by atoms with Gasteiger partial charge in [0.25, 0.3) is 0 Å². The minimum atomic E-state index is -0.442. The monoisotopic (exact) mass is 197 g/mol. The number of hydrogen-bond donors (Lipinski definition) is 0. The van der Waals surface area contributed by atoms with Gasteiger partial charge in [0.1, 0.15) is 10.7 Å². The number of aldehydes is 1. The number of methoxy groups -OCH3 is 1. The Morgan fingerprint density at radius 1 is 1.69 bits per heavy atom. The number of aromatic nitrogens is 1. The molecule has 0 saturated carbocycles. The molecule has 1 aromatic heterocycles. The quantitative estimate of drug-likeness (QED) is 0.414. The molecule has 0 spiro atoms. The van der Waals surface area contributed by atoms with Crippen LogP contribution in [-0.2, 0) is 9.53 Å². The zero-order valence-corrected chi connectivity index (χ0v) is 7.71. The summed E-state index contributed by atoms with van der Waals surface area (Å²) >= 11 is 1.29. The van der Waals surface area contributed by atoms with Gasteiger partial charge in [0.15, 0.2) is 6.29 Å². The number of nitrogens with zero attached hydrogens (tertiary/aromatic N) is 1. The van der Waals surface area contributed by atoms with Gasteiger partial charge in [-0.2, -0.15) is 0 Å². The van der Waals surface area contributed by atoms with Gasteiger partial charge in [-0.1, -0.05) is 0 Å². The highest BCUT2D eigenvalue weighted by Crippen LogP contribution is 2.09. The maximum atomic E-state index is 10.7. The normalized spacial score (nSPS) is 10.2. The predicted molar refractivity (Wildman–Crippen MR) is 48.6 cm³/mol. The number of hydrogen-bond acceptors (Lipinski definition) is 5. The lowest BCUT2D eigenvalue weighted by Crippen LogP contribution is -1.93. The van der Waals surface area contributed by atoms with Crippen molar-refractivity contribution in [2.75, 3.05) is 7.11 Å². The number of rotatable bonds is 3. The first kappa shape index (κ1) is 9.60. The lowest BCUT2D eigenvalue weighted by atomic mass is 10.5. The highest BCUT2D eigenvalue weighted by Gasteiger charge is 1.97. The topological polar surface area (TPSA) is 56.3 Å². The predicted octanol–water partition coefficient (Wildman–Crippen LogP) is 1.14. The molecule has 0 saturated heterocycles. The first-order chi connectivity index (χ1) is 6.26. The third kappa shape index (κ3) is 2.79. The number of esters is 1. The molecule has 13 heavy (non-hydrogen) atoms. The first-order valence-corrected chi connectivity index (χ1v) is 4.31. The molecule has 0 aliphatic heterocycles. The Hall–Kier alpha value is -1.49. The van der Waals surface area contributed by atoms with Crippen molar-refractivity contribution in [3.63, 3.8) is 0 Å². The van der Waals surface area contributed by atoms with Crippen molar-refractivity contribution in [1.82, 2.24) is 4.98 Å². The van der Waals surface area contributed by atoms with E-state index < -0.39 is 5.97 Å². The van der Waals surface area contributed by atoms with Gasteiger partial charge in [-0.05, 0) is 6.08 Å². The number of carbonyl (C=O) groups excluding carboxylic acids is 2. The number of thiazole rings is 1. The van der Waals surface area contributed by atoms with Crippen molar-refractivity contribution in [2.45, 2.75) is 0 Å². The molecule has 0 bridgehead atoms. The SMILES string of the molecule is COC(=O)C=Cc1nc(C=O)cs1. The summed E-state index contributed by atoms with van der Waals surface area (Å²) in [5.41, 5.74) is 0.370. The molecule has 0 N–H and O–H groups in total. The van der Waals surface area contributed by atoms with E-state index in [-0.39, 0.29) is 0 Å².